The van der Waals surface area contributed by atoms with E-state index < -0.39 is 0 Å². The standard InChI is InChI=1S/C21H32N2O/c1-22(21(24)16-18-10-4-2-5-11-18)20(17-23-14-8-9-15-23)19-12-6-3-7-13-19/h3,6-7,12-13,18,20H,2,4-5,8-11,14-17H2,1H3/t20-/m1/s1. The van der Waals surface area contributed by atoms with Crippen LogP contribution >= 0.6 is 0 Å². The minimum atomic E-state index is 0.181. The molecule has 1 amide bonds. The van der Waals surface area contributed by atoms with Crippen molar-refractivity contribution >= 4 is 5.91 Å². The van der Waals surface area contributed by atoms with Crippen LogP contribution in [0.5, 0.6) is 0 Å². The maximum atomic E-state index is 12.9. The van der Waals surface area contributed by atoms with Crippen LogP contribution < -0.4 is 0 Å². The van der Waals surface area contributed by atoms with E-state index in [9.17, 15) is 4.79 Å². The predicted octanol–water partition coefficient (Wildman–Crippen LogP) is 4.25. The van der Waals surface area contributed by atoms with Gasteiger partial charge in [0.25, 0.3) is 0 Å². The summed E-state index contributed by atoms with van der Waals surface area (Å²) in [6, 6.07) is 10.8. The van der Waals surface area contributed by atoms with Gasteiger partial charge in [0.05, 0.1) is 6.04 Å². The second-order valence-corrected chi connectivity index (χ2v) is 7.65. The molecular weight excluding hydrogens is 296 g/mol. The van der Waals surface area contributed by atoms with Crippen molar-refractivity contribution in [1.29, 1.82) is 0 Å². The Hall–Kier alpha value is -1.35. The fraction of sp³-hybridized carbons (Fsp3) is 0.667. The van der Waals surface area contributed by atoms with Crippen molar-refractivity contribution in [2.45, 2.75) is 57.4 Å². The second-order valence-electron chi connectivity index (χ2n) is 7.65. The first-order valence-electron chi connectivity index (χ1n) is 9.77. The Bertz CT molecular complexity index is 504. The molecule has 1 heterocycles. The molecule has 1 saturated heterocycles. The Morgan fingerprint density at radius 2 is 1.75 bits per heavy atom. The van der Waals surface area contributed by atoms with E-state index in [0.29, 0.717) is 11.8 Å². The Kier molecular flexibility index (Phi) is 6.30. The molecule has 0 unspecified atom stereocenters. The quantitative estimate of drug-likeness (QED) is 0.779. The van der Waals surface area contributed by atoms with Gasteiger partial charge in [-0.05, 0) is 50.3 Å². The largest absolute Gasteiger partial charge is 0.337 e. The molecule has 0 aromatic heterocycles. The van der Waals surface area contributed by atoms with Gasteiger partial charge >= 0.3 is 0 Å². The third-order valence-corrected chi connectivity index (χ3v) is 5.86. The molecule has 2 aliphatic rings. The topological polar surface area (TPSA) is 23.6 Å². The zero-order valence-corrected chi connectivity index (χ0v) is 15.1. The highest BCUT2D eigenvalue weighted by Gasteiger charge is 2.27. The van der Waals surface area contributed by atoms with E-state index in [0.717, 1.165) is 13.0 Å². The molecule has 0 spiro atoms. The molecule has 3 nitrogen and oxygen atoms in total. The zero-order chi connectivity index (χ0) is 16.8. The highest BCUT2D eigenvalue weighted by atomic mass is 16.2. The van der Waals surface area contributed by atoms with Gasteiger partial charge in [-0.2, -0.15) is 0 Å². The molecule has 1 aromatic carbocycles. The van der Waals surface area contributed by atoms with Crippen LogP contribution in [0.2, 0.25) is 0 Å². The molecular formula is C21H32N2O. The summed E-state index contributed by atoms with van der Waals surface area (Å²) in [5, 5.41) is 0. The van der Waals surface area contributed by atoms with Crippen LogP contribution in [0.1, 0.15) is 63.0 Å². The maximum Gasteiger partial charge on any atom is 0.223 e. The van der Waals surface area contributed by atoms with Crippen molar-refractivity contribution in [1.82, 2.24) is 9.80 Å². The van der Waals surface area contributed by atoms with Gasteiger partial charge in [-0.25, -0.2) is 0 Å². The fourth-order valence-electron chi connectivity index (χ4n) is 4.29. The van der Waals surface area contributed by atoms with Gasteiger partial charge in [-0.1, -0.05) is 49.6 Å². The Labute approximate surface area is 147 Å². The van der Waals surface area contributed by atoms with Crippen molar-refractivity contribution in [2.75, 3.05) is 26.7 Å². The monoisotopic (exact) mass is 328 g/mol. The molecule has 1 atom stereocenters. The number of carbonyl (C=O) groups excluding carboxylic acids is 1. The number of carbonyl (C=O) groups is 1. The minimum Gasteiger partial charge on any atom is -0.337 e. The van der Waals surface area contributed by atoms with Gasteiger partial charge in [-0.15, -0.1) is 0 Å². The summed E-state index contributed by atoms with van der Waals surface area (Å²) in [7, 11) is 2.01. The number of benzene rings is 1. The summed E-state index contributed by atoms with van der Waals surface area (Å²) in [4.78, 5) is 17.5. The molecule has 3 heteroatoms. The van der Waals surface area contributed by atoms with E-state index in [1.807, 2.05) is 11.9 Å². The minimum absolute atomic E-state index is 0.181. The highest BCUT2D eigenvalue weighted by molar-refractivity contribution is 5.76. The molecule has 0 radical (unpaired) electrons. The zero-order valence-electron chi connectivity index (χ0n) is 15.1. The smallest absolute Gasteiger partial charge is 0.223 e. The Morgan fingerprint density at radius 1 is 1.08 bits per heavy atom. The van der Waals surface area contributed by atoms with Crippen LogP contribution in [0.25, 0.3) is 0 Å². The first-order valence-corrected chi connectivity index (χ1v) is 9.77. The van der Waals surface area contributed by atoms with Gasteiger partial charge in [-0.3, -0.25) is 4.79 Å². The summed E-state index contributed by atoms with van der Waals surface area (Å²) in [6.45, 7) is 3.32. The molecule has 1 aliphatic heterocycles. The van der Waals surface area contributed by atoms with Gasteiger partial charge in [0.1, 0.15) is 0 Å². The van der Waals surface area contributed by atoms with Crippen LogP contribution in [0.4, 0.5) is 0 Å². The van der Waals surface area contributed by atoms with Gasteiger partial charge < -0.3 is 9.80 Å². The number of likely N-dealkylation sites (N-methyl/N-ethyl adjacent to an activating group) is 1. The number of rotatable bonds is 6. The number of hydrogen-bond donors (Lipinski definition) is 0. The molecule has 2 fully saturated rings. The number of hydrogen-bond acceptors (Lipinski definition) is 2. The van der Waals surface area contributed by atoms with Crippen LogP contribution in [0, 0.1) is 5.92 Å². The molecule has 24 heavy (non-hydrogen) atoms. The van der Waals surface area contributed by atoms with Gasteiger partial charge in [0, 0.05) is 20.0 Å². The van der Waals surface area contributed by atoms with Crippen molar-refractivity contribution in [3.63, 3.8) is 0 Å². The average molecular weight is 328 g/mol. The van der Waals surface area contributed by atoms with E-state index in [-0.39, 0.29) is 6.04 Å². The highest BCUT2D eigenvalue weighted by Crippen LogP contribution is 2.29. The summed E-state index contributed by atoms with van der Waals surface area (Å²) in [5.41, 5.74) is 1.27. The first-order chi connectivity index (χ1) is 11.7. The van der Waals surface area contributed by atoms with Gasteiger partial charge in [0.2, 0.25) is 5.91 Å². The van der Waals surface area contributed by atoms with Gasteiger partial charge in [0.15, 0.2) is 0 Å². The Balaban J connectivity index is 1.67. The average Bonchev–Trinajstić information content (AvgIpc) is 3.14. The number of likely N-dealkylation sites (tertiary alicyclic amines) is 1. The van der Waals surface area contributed by atoms with E-state index >= 15 is 0 Å². The maximum absolute atomic E-state index is 12.9. The lowest BCUT2D eigenvalue weighted by atomic mass is 9.86. The third-order valence-electron chi connectivity index (χ3n) is 5.86. The fourth-order valence-corrected chi connectivity index (χ4v) is 4.29. The SMILES string of the molecule is CN(C(=O)CC1CCCCC1)[C@H](CN1CCCC1)c1ccccc1. The van der Waals surface area contributed by atoms with E-state index in [1.54, 1.807) is 0 Å². The van der Waals surface area contributed by atoms with Crippen molar-refractivity contribution in [2.24, 2.45) is 5.92 Å². The lowest BCUT2D eigenvalue weighted by Crippen LogP contribution is -2.39. The summed E-state index contributed by atoms with van der Waals surface area (Å²) in [6.07, 6.45) is 9.75. The first kappa shape index (κ1) is 17.5. The van der Waals surface area contributed by atoms with Crippen molar-refractivity contribution in [3.05, 3.63) is 35.9 Å². The van der Waals surface area contributed by atoms with Crippen molar-refractivity contribution < 1.29 is 4.79 Å². The van der Waals surface area contributed by atoms with E-state index in [2.05, 4.69) is 35.2 Å². The molecule has 0 bridgehead atoms. The second kappa shape index (κ2) is 8.66. The lowest BCUT2D eigenvalue weighted by Gasteiger charge is -2.33. The van der Waals surface area contributed by atoms with Crippen LogP contribution in [-0.4, -0.2) is 42.4 Å². The number of nitrogens with zero attached hydrogens (tertiary/aromatic N) is 2. The third kappa shape index (κ3) is 4.60. The predicted molar refractivity (Wildman–Crippen MR) is 98.8 cm³/mol. The van der Waals surface area contributed by atoms with E-state index in [1.165, 1.54) is 63.6 Å². The summed E-state index contributed by atoms with van der Waals surface area (Å²) < 4.78 is 0. The molecule has 1 aliphatic carbocycles. The van der Waals surface area contributed by atoms with Crippen LogP contribution in [0.3, 0.4) is 0 Å². The normalized spacial score (nSPS) is 20.9. The molecule has 132 valence electrons. The molecule has 1 saturated carbocycles. The summed E-state index contributed by atoms with van der Waals surface area (Å²) in [5.74, 6) is 0.937. The lowest BCUT2D eigenvalue weighted by molar-refractivity contribution is -0.133. The molecule has 1 aromatic rings. The van der Waals surface area contributed by atoms with Crippen LogP contribution in [0.15, 0.2) is 30.3 Å². The molecule has 0 N–H and O–H groups in total. The Morgan fingerprint density at radius 3 is 2.42 bits per heavy atom. The number of amides is 1. The summed E-state index contributed by atoms with van der Waals surface area (Å²) >= 11 is 0. The van der Waals surface area contributed by atoms with E-state index in [4.69, 9.17) is 0 Å². The molecule has 3 rings (SSSR count). The van der Waals surface area contributed by atoms with Crippen molar-refractivity contribution in [3.8, 4) is 0 Å². The van der Waals surface area contributed by atoms with Crippen LogP contribution in [-0.2, 0) is 4.79 Å².